The highest BCUT2D eigenvalue weighted by molar-refractivity contribution is 5.66. The standard InChI is InChI=1S/C20H31NO5/c22-17(14-6-5-11-21-13-14)10-9-16-15(18(23)12-19(16)24)7-3-1-2-4-8-20(25)26/h5-6,11,13,15-19,22-24H,1-4,7-10,12H2,(H,25,26). The van der Waals surface area contributed by atoms with Crippen molar-refractivity contribution in [3.63, 3.8) is 0 Å². The Labute approximate surface area is 154 Å². The molecular weight excluding hydrogens is 334 g/mol. The van der Waals surface area contributed by atoms with E-state index in [0.717, 1.165) is 31.2 Å². The predicted molar refractivity (Wildman–Crippen MR) is 97.4 cm³/mol. The molecule has 0 amide bonds. The van der Waals surface area contributed by atoms with Gasteiger partial charge in [0.05, 0.1) is 18.3 Å². The molecule has 6 heteroatoms. The number of rotatable bonds is 11. The third-order valence-electron chi connectivity index (χ3n) is 5.54. The third kappa shape index (κ3) is 6.34. The summed E-state index contributed by atoms with van der Waals surface area (Å²) in [5.74, 6) is -0.715. The highest BCUT2D eigenvalue weighted by Gasteiger charge is 2.40. The number of aliphatic hydroxyl groups excluding tert-OH is 3. The Bertz CT molecular complexity index is 538. The number of aromatic nitrogens is 1. The summed E-state index contributed by atoms with van der Waals surface area (Å²) in [7, 11) is 0. The summed E-state index contributed by atoms with van der Waals surface area (Å²) in [6.45, 7) is 0. The molecule has 0 radical (unpaired) electrons. The molecule has 5 atom stereocenters. The molecule has 2 rings (SSSR count). The Morgan fingerprint density at radius 1 is 1.12 bits per heavy atom. The second-order valence-corrected chi connectivity index (χ2v) is 7.42. The monoisotopic (exact) mass is 365 g/mol. The summed E-state index contributed by atoms with van der Waals surface area (Å²) in [5, 5.41) is 39.5. The van der Waals surface area contributed by atoms with E-state index in [2.05, 4.69) is 4.98 Å². The zero-order chi connectivity index (χ0) is 18.9. The van der Waals surface area contributed by atoms with Crippen molar-refractivity contribution in [1.29, 1.82) is 0 Å². The number of carboxylic acid groups (broad SMARTS) is 1. The number of hydrogen-bond donors (Lipinski definition) is 4. The van der Waals surface area contributed by atoms with Gasteiger partial charge in [-0.3, -0.25) is 9.78 Å². The van der Waals surface area contributed by atoms with E-state index in [0.29, 0.717) is 25.7 Å². The van der Waals surface area contributed by atoms with Crippen LogP contribution in [0.4, 0.5) is 0 Å². The second kappa shape index (κ2) is 10.6. The van der Waals surface area contributed by atoms with Gasteiger partial charge in [0.2, 0.25) is 0 Å². The molecule has 5 unspecified atom stereocenters. The van der Waals surface area contributed by atoms with Crippen LogP contribution in [0.15, 0.2) is 24.5 Å². The lowest BCUT2D eigenvalue weighted by atomic mass is 9.84. The Balaban J connectivity index is 1.76. The van der Waals surface area contributed by atoms with Crippen molar-refractivity contribution in [2.24, 2.45) is 11.8 Å². The Kier molecular flexibility index (Phi) is 8.48. The van der Waals surface area contributed by atoms with Crippen molar-refractivity contribution in [2.45, 2.75) is 76.1 Å². The van der Waals surface area contributed by atoms with E-state index in [1.807, 2.05) is 6.07 Å². The van der Waals surface area contributed by atoms with E-state index in [4.69, 9.17) is 5.11 Å². The minimum Gasteiger partial charge on any atom is -0.481 e. The molecule has 0 spiro atoms. The molecule has 4 N–H and O–H groups in total. The smallest absolute Gasteiger partial charge is 0.303 e. The SMILES string of the molecule is O=C(O)CCCCCCC1C(O)CC(O)C1CCC(O)c1cccnc1. The molecule has 1 fully saturated rings. The van der Waals surface area contributed by atoms with E-state index in [9.17, 15) is 20.1 Å². The van der Waals surface area contributed by atoms with Crippen molar-refractivity contribution in [3.05, 3.63) is 30.1 Å². The van der Waals surface area contributed by atoms with Crippen LogP contribution in [0.2, 0.25) is 0 Å². The van der Waals surface area contributed by atoms with Crippen LogP contribution in [-0.4, -0.2) is 43.6 Å². The summed E-state index contributed by atoms with van der Waals surface area (Å²) in [6, 6.07) is 3.63. The number of hydrogen-bond acceptors (Lipinski definition) is 5. The first kappa shape index (κ1) is 20.8. The molecule has 0 bridgehead atoms. The number of aliphatic carboxylic acids is 1. The van der Waals surface area contributed by atoms with Crippen LogP contribution in [0.1, 0.15) is 69.5 Å². The molecule has 6 nitrogen and oxygen atoms in total. The van der Waals surface area contributed by atoms with Gasteiger partial charge in [-0.2, -0.15) is 0 Å². The van der Waals surface area contributed by atoms with Crippen molar-refractivity contribution >= 4 is 5.97 Å². The third-order valence-corrected chi connectivity index (χ3v) is 5.54. The maximum atomic E-state index is 10.5. The van der Waals surface area contributed by atoms with E-state index in [-0.39, 0.29) is 18.3 Å². The maximum absolute atomic E-state index is 10.5. The van der Waals surface area contributed by atoms with Crippen molar-refractivity contribution < 1.29 is 25.2 Å². The van der Waals surface area contributed by atoms with Crippen LogP contribution in [0.5, 0.6) is 0 Å². The molecule has 1 aliphatic rings. The number of nitrogens with zero attached hydrogens (tertiary/aromatic N) is 1. The molecule has 0 aromatic carbocycles. The number of unbranched alkanes of at least 4 members (excludes halogenated alkanes) is 3. The molecule has 1 heterocycles. The fraction of sp³-hybridized carbons (Fsp3) is 0.700. The van der Waals surface area contributed by atoms with Crippen LogP contribution in [0.25, 0.3) is 0 Å². The van der Waals surface area contributed by atoms with Crippen LogP contribution >= 0.6 is 0 Å². The zero-order valence-corrected chi connectivity index (χ0v) is 15.2. The fourth-order valence-corrected chi connectivity index (χ4v) is 4.08. The van der Waals surface area contributed by atoms with E-state index in [1.54, 1.807) is 18.5 Å². The molecule has 1 saturated carbocycles. The first-order valence-electron chi connectivity index (χ1n) is 9.65. The first-order valence-corrected chi connectivity index (χ1v) is 9.65. The number of carbonyl (C=O) groups is 1. The van der Waals surface area contributed by atoms with Gasteiger partial charge >= 0.3 is 5.97 Å². The summed E-state index contributed by atoms with van der Waals surface area (Å²) in [4.78, 5) is 14.5. The Morgan fingerprint density at radius 2 is 1.81 bits per heavy atom. The minimum absolute atomic E-state index is 0.00431. The van der Waals surface area contributed by atoms with Gasteiger partial charge in [-0.05, 0) is 55.6 Å². The van der Waals surface area contributed by atoms with Crippen LogP contribution < -0.4 is 0 Å². The van der Waals surface area contributed by atoms with Gasteiger partial charge < -0.3 is 20.4 Å². The van der Waals surface area contributed by atoms with Crippen LogP contribution in [0.3, 0.4) is 0 Å². The molecular formula is C20H31NO5. The van der Waals surface area contributed by atoms with E-state index in [1.165, 1.54) is 0 Å². The fourth-order valence-electron chi connectivity index (χ4n) is 4.08. The first-order chi connectivity index (χ1) is 12.5. The topological polar surface area (TPSA) is 111 Å². The van der Waals surface area contributed by atoms with E-state index < -0.39 is 24.3 Å². The Hall–Kier alpha value is -1.50. The minimum atomic E-state index is -0.758. The maximum Gasteiger partial charge on any atom is 0.303 e. The molecule has 1 aromatic rings. The van der Waals surface area contributed by atoms with Gasteiger partial charge in [-0.15, -0.1) is 0 Å². The second-order valence-electron chi connectivity index (χ2n) is 7.42. The number of aliphatic hydroxyl groups is 3. The molecule has 0 saturated heterocycles. The molecule has 26 heavy (non-hydrogen) atoms. The molecule has 146 valence electrons. The van der Waals surface area contributed by atoms with Gasteiger partial charge in [0.1, 0.15) is 0 Å². The molecule has 1 aliphatic carbocycles. The quantitative estimate of drug-likeness (QED) is 0.449. The molecule has 0 aliphatic heterocycles. The van der Waals surface area contributed by atoms with Crippen molar-refractivity contribution in [2.75, 3.05) is 0 Å². The van der Waals surface area contributed by atoms with Crippen LogP contribution in [-0.2, 0) is 4.79 Å². The molecule has 1 aromatic heterocycles. The van der Waals surface area contributed by atoms with Crippen molar-refractivity contribution in [1.82, 2.24) is 4.98 Å². The summed E-state index contributed by atoms with van der Waals surface area (Å²) >= 11 is 0. The largest absolute Gasteiger partial charge is 0.481 e. The highest BCUT2D eigenvalue weighted by atomic mass is 16.4. The lowest BCUT2D eigenvalue weighted by molar-refractivity contribution is -0.137. The lowest BCUT2D eigenvalue weighted by Crippen LogP contribution is -2.23. The number of pyridine rings is 1. The summed E-state index contributed by atoms with van der Waals surface area (Å²) in [5.41, 5.74) is 0.774. The predicted octanol–water partition coefficient (Wildman–Crippen LogP) is 2.68. The van der Waals surface area contributed by atoms with Gasteiger partial charge in [0.15, 0.2) is 0 Å². The van der Waals surface area contributed by atoms with Crippen LogP contribution in [0, 0.1) is 11.8 Å². The summed E-state index contributed by atoms with van der Waals surface area (Å²) < 4.78 is 0. The lowest BCUT2D eigenvalue weighted by Gasteiger charge is -2.24. The number of carboxylic acids is 1. The summed E-state index contributed by atoms with van der Waals surface area (Å²) in [6.07, 6.45) is 7.77. The Morgan fingerprint density at radius 3 is 2.46 bits per heavy atom. The van der Waals surface area contributed by atoms with Crippen molar-refractivity contribution in [3.8, 4) is 0 Å². The highest BCUT2D eigenvalue weighted by Crippen LogP contribution is 2.40. The van der Waals surface area contributed by atoms with E-state index >= 15 is 0 Å². The normalized spacial score (nSPS) is 26.7. The zero-order valence-electron chi connectivity index (χ0n) is 15.2. The van der Waals surface area contributed by atoms with Gasteiger partial charge in [-0.25, -0.2) is 0 Å². The van der Waals surface area contributed by atoms with Gasteiger partial charge in [0.25, 0.3) is 0 Å². The van der Waals surface area contributed by atoms with Gasteiger partial charge in [-0.1, -0.05) is 25.3 Å². The average Bonchev–Trinajstić information content (AvgIpc) is 2.89. The average molecular weight is 365 g/mol. The van der Waals surface area contributed by atoms with Gasteiger partial charge in [0, 0.05) is 18.8 Å².